The maximum Gasteiger partial charge on any atom is 0.323 e. The molecule has 3 rings (SSSR count). The Bertz CT molecular complexity index is 911. The van der Waals surface area contributed by atoms with Crippen LogP contribution in [-0.4, -0.2) is 31.6 Å². The molecule has 0 unspecified atom stereocenters. The van der Waals surface area contributed by atoms with Crippen LogP contribution < -0.4 is 11.0 Å². The average Bonchev–Trinajstić information content (AvgIpc) is 2.83. The minimum atomic E-state index is -0.272. The molecule has 1 aromatic carbocycles. The predicted molar refractivity (Wildman–Crippen MR) is 89.8 cm³/mol. The van der Waals surface area contributed by atoms with Crippen molar-refractivity contribution in [2.75, 3.05) is 11.1 Å². The summed E-state index contributed by atoms with van der Waals surface area (Å²) >= 11 is 1.29. The number of amides is 1. The third-order valence-electron chi connectivity index (χ3n) is 3.09. The van der Waals surface area contributed by atoms with E-state index in [4.69, 9.17) is 0 Å². The van der Waals surface area contributed by atoms with Gasteiger partial charge in [-0.25, -0.2) is 14.8 Å². The number of hydrogen-bond acceptors (Lipinski definition) is 5. The first-order chi connectivity index (χ1) is 11.0. The number of hydrogen-bond donors (Lipinski definition) is 3. The summed E-state index contributed by atoms with van der Waals surface area (Å²) in [5, 5.41) is 3.38. The van der Waals surface area contributed by atoms with E-state index in [1.54, 1.807) is 18.2 Å². The lowest BCUT2D eigenvalue weighted by atomic mass is 10.3. The van der Waals surface area contributed by atoms with E-state index in [2.05, 4.69) is 25.3 Å². The fourth-order valence-electron chi connectivity index (χ4n) is 2.20. The van der Waals surface area contributed by atoms with Crippen LogP contribution in [-0.2, 0) is 4.79 Å². The fraction of sp³-hybridized carbons (Fsp3) is 0.200. The number of H-pyrrole nitrogens is 2. The van der Waals surface area contributed by atoms with Crippen LogP contribution in [0.25, 0.3) is 11.0 Å². The van der Waals surface area contributed by atoms with Crippen LogP contribution in [0.3, 0.4) is 0 Å². The third kappa shape index (κ3) is 3.78. The second-order valence-corrected chi connectivity index (χ2v) is 6.05. The lowest BCUT2D eigenvalue weighted by Crippen LogP contribution is -2.14. The van der Waals surface area contributed by atoms with E-state index in [9.17, 15) is 9.59 Å². The van der Waals surface area contributed by atoms with Crippen molar-refractivity contribution in [3.8, 4) is 0 Å². The zero-order valence-electron chi connectivity index (χ0n) is 12.6. The van der Waals surface area contributed by atoms with Gasteiger partial charge in [0, 0.05) is 17.1 Å². The largest absolute Gasteiger partial charge is 0.325 e. The molecule has 0 radical (unpaired) electrons. The van der Waals surface area contributed by atoms with Gasteiger partial charge in [0.15, 0.2) is 5.16 Å². The average molecular weight is 329 g/mol. The van der Waals surface area contributed by atoms with Gasteiger partial charge in [-0.05, 0) is 38.1 Å². The molecule has 0 saturated heterocycles. The highest BCUT2D eigenvalue weighted by molar-refractivity contribution is 7.99. The maximum absolute atomic E-state index is 12.0. The number of fused-ring (bicyclic) bond motifs is 1. The molecule has 23 heavy (non-hydrogen) atoms. The zero-order valence-corrected chi connectivity index (χ0v) is 13.5. The van der Waals surface area contributed by atoms with Crippen LogP contribution in [0.5, 0.6) is 0 Å². The molecule has 0 atom stereocenters. The van der Waals surface area contributed by atoms with Gasteiger partial charge in [-0.1, -0.05) is 11.8 Å². The summed E-state index contributed by atoms with van der Waals surface area (Å²) in [5.74, 6) is 0.0555. The number of nitrogens with zero attached hydrogens (tertiary/aromatic N) is 2. The molecule has 0 aliphatic carbocycles. The van der Waals surface area contributed by atoms with Gasteiger partial charge >= 0.3 is 5.69 Å². The smallest absolute Gasteiger partial charge is 0.323 e. The van der Waals surface area contributed by atoms with E-state index >= 15 is 0 Å². The number of thioether (sulfide) groups is 1. The Balaban J connectivity index is 1.64. The van der Waals surface area contributed by atoms with Crippen molar-refractivity contribution >= 4 is 34.4 Å². The van der Waals surface area contributed by atoms with Crippen LogP contribution in [0.1, 0.15) is 11.4 Å². The summed E-state index contributed by atoms with van der Waals surface area (Å²) in [6.45, 7) is 3.79. The topological polar surface area (TPSA) is 104 Å². The molecule has 0 spiro atoms. The first-order valence-corrected chi connectivity index (χ1v) is 7.95. The maximum atomic E-state index is 12.0. The van der Waals surface area contributed by atoms with Crippen molar-refractivity contribution in [3.63, 3.8) is 0 Å². The highest BCUT2D eigenvalue weighted by Crippen LogP contribution is 2.17. The van der Waals surface area contributed by atoms with Crippen LogP contribution >= 0.6 is 11.8 Å². The minimum Gasteiger partial charge on any atom is -0.325 e. The molecule has 0 bridgehead atoms. The van der Waals surface area contributed by atoms with Gasteiger partial charge in [-0.15, -0.1) is 0 Å². The quantitative estimate of drug-likeness (QED) is 0.502. The molecule has 0 aliphatic heterocycles. The van der Waals surface area contributed by atoms with Crippen molar-refractivity contribution in [1.82, 2.24) is 19.9 Å². The minimum absolute atomic E-state index is 0.157. The Hall–Kier alpha value is -2.61. The summed E-state index contributed by atoms with van der Waals surface area (Å²) in [5.41, 5.74) is 3.46. The Morgan fingerprint density at radius 3 is 2.57 bits per heavy atom. The molecule has 7 nitrogen and oxygen atoms in total. The van der Waals surface area contributed by atoms with Crippen LogP contribution in [0.2, 0.25) is 0 Å². The van der Waals surface area contributed by atoms with Gasteiger partial charge < -0.3 is 15.3 Å². The predicted octanol–water partition coefficient (Wildman–Crippen LogP) is 1.99. The normalized spacial score (nSPS) is 10.9. The first-order valence-electron chi connectivity index (χ1n) is 6.96. The number of carbonyl (C=O) groups excluding carboxylic acids is 1. The van der Waals surface area contributed by atoms with Crippen LogP contribution in [0.4, 0.5) is 5.69 Å². The molecule has 3 aromatic rings. The van der Waals surface area contributed by atoms with E-state index in [-0.39, 0.29) is 17.3 Å². The Morgan fingerprint density at radius 2 is 1.83 bits per heavy atom. The fourth-order valence-corrected chi connectivity index (χ4v) is 2.95. The van der Waals surface area contributed by atoms with Gasteiger partial charge in [-0.2, -0.15) is 0 Å². The highest BCUT2D eigenvalue weighted by atomic mass is 32.2. The summed E-state index contributed by atoms with van der Waals surface area (Å²) in [4.78, 5) is 37.1. The number of aromatic amines is 2. The van der Waals surface area contributed by atoms with Crippen LogP contribution in [0.15, 0.2) is 34.2 Å². The number of benzene rings is 1. The highest BCUT2D eigenvalue weighted by Gasteiger charge is 2.07. The summed E-state index contributed by atoms with van der Waals surface area (Å²) in [7, 11) is 0. The number of anilines is 1. The number of rotatable bonds is 4. The van der Waals surface area contributed by atoms with E-state index in [0.717, 1.165) is 11.4 Å². The molecular formula is C15H15N5O2S. The Morgan fingerprint density at radius 1 is 1.13 bits per heavy atom. The van der Waals surface area contributed by atoms with Crippen molar-refractivity contribution in [2.24, 2.45) is 0 Å². The van der Waals surface area contributed by atoms with Gasteiger partial charge in [0.1, 0.15) is 0 Å². The molecule has 2 aromatic heterocycles. The molecule has 118 valence electrons. The first kappa shape index (κ1) is 15.3. The molecule has 1 amide bonds. The number of aryl methyl sites for hydroxylation is 2. The summed E-state index contributed by atoms with van der Waals surface area (Å²) in [6, 6.07) is 7.07. The van der Waals surface area contributed by atoms with Crippen molar-refractivity contribution in [1.29, 1.82) is 0 Å². The number of carbonyl (C=O) groups is 1. The molecule has 0 saturated carbocycles. The molecular weight excluding hydrogens is 314 g/mol. The lowest BCUT2D eigenvalue weighted by Gasteiger charge is -2.05. The summed E-state index contributed by atoms with van der Waals surface area (Å²) < 4.78 is 0. The van der Waals surface area contributed by atoms with Gasteiger partial charge in [0.25, 0.3) is 0 Å². The molecule has 0 aliphatic rings. The monoisotopic (exact) mass is 329 g/mol. The standard InChI is InChI=1S/C15H15N5O2S/c1-8-5-9(2)17-15(16-8)23-7-13(21)18-10-3-4-11-12(6-10)20-14(22)19-11/h3-6H,7H2,1-2H3,(H,18,21)(H2,19,20,22). The zero-order chi connectivity index (χ0) is 16.4. The van der Waals surface area contributed by atoms with Crippen molar-refractivity contribution in [2.45, 2.75) is 19.0 Å². The van der Waals surface area contributed by atoms with Crippen molar-refractivity contribution < 1.29 is 4.79 Å². The van der Waals surface area contributed by atoms with E-state index < -0.39 is 0 Å². The number of aromatic nitrogens is 4. The van der Waals surface area contributed by atoms with Gasteiger partial charge in [0.05, 0.1) is 16.8 Å². The van der Waals surface area contributed by atoms with E-state index in [1.165, 1.54) is 11.8 Å². The van der Waals surface area contributed by atoms with Crippen molar-refractivity contribution in [3.05, 3.63) is 46.1 Å². The Kier molecular flexibility index (Phi) is 4.16. The lowest BCUT2D eigenvalue weighted by molar-refractivity contribution is -0.113. The van der Waals surface area contributed by atoms with E-state index in [1.807, 2.05) is 19.9 Å². The number of imidazole rings is 1. The number of nitrogens with one attached hydrogen (secondary N) is 3. The SMILES string of the molecule is Cc1cc(C)nc(SCC(=O)Nc2ccc3[nH]c(=O)[nH]c3c2)n1. The van der Waals surface area contributed by atoms with Gasteiger partial charge in [-0.3, -0.25) is 4.79 Å². The molecule has 8 heteroatoms. The molecule has 0 fully saturated rings. The molecule has 3 N–H and O–H groups in total. The van der Waals surface area contributed by atoms with Gasteiger partial charge in [0.2, 0.25) is 5.91 Å². The third-order valence-corrected chi connectivity index (χ3v) is 3.94. The second-order valence-electron chi connectivity index (χ2n) is 5.11. The van der Waals surface area contributed by atoms with E-state index in [0.29, 0.717) is 21.9 Å². The second kappa shape index (κ2) is 6.25. The summed E-state index contributed by atoms with van der Waals surface area (Å²) in [6.07, 6.45) is 0. The van der Waals surface area contributed by atoms with Crippen LogP contribution in [0, 0.1) is 13.8 Å². The molecule has 2 heterocycles. The Labute approximate surface area is 135 Å².